The number of piperazine rings is 1. The van der Waals surface area contributed by atoms with Gasteiger partial charge in [0.1, 0.15) is 17.4 Å². The highest BCUT2D eigenvalue weighted by Gasteiger charge is 2.23. The highest BCUT2D eigenvalue weighted by Crippen LogP contribution is 2.24. The maximum Gasteiger partial charge on any atom is 0.253 e. The molecule has 1 saturated heterocycles. The second-order valence-electron chi connectivity index (χ2n) is 7.17. The van der Waals surface area contributed by atoms with E-state index >= 15 is 0 Å². The van der Waals surface area contributed by atoms with Gasteiger partial charge >= 0.3 is 0 Å². The zero-order chi connectivity index (χ0) is 20.2. The van der Waals surface area contributed by atoms with Crippen molar-refractivity contribution in [3.8, 4) is 11.6 Å². The fourth-order valence-corrected chi connectivity index (χ4v) is 3.37. The molecular formula is C23H24N4O2. The molecule has 1 fully saturated rings. The minimum atomic E-state index is 0.0802. The summed E-state index contributed by atoms with van der Waals surface area (Å²) < 4.78 is 5.88. The van der Waals surface area contributed by atoms with E-state index in [4.69, 9.17) is 4.74 Å². The van der Waals surface area contributed by atoms with Crippen molar-refractivity contribution in [2.45, 2.75) is 13.8 Å². The van der Waals surface area contributed by atoms with Gasteiger partial charge in [-0.25, -0.2) is 4.98 Å². The number of benzene rings is 2. The predicted octanol–water partition coefficient (Wildman–Crippen LogP) is 3.85. The van der Waals surface area contributed by atoms with Crippen molar-refractivity contribution in [1.29, 1.82) is 0 Å². The molecule has 6 nitrogen and oxygen atoms in total. The standard InChI is InChI=1S/C23H24N4O2/c1-17-8-10-19(11-9-17)23(28)27-14-12-26(13-15-27)21-16-22(25-18(2)24-21)29-20-6-4-3-5-7-20/h3-11,16H,12-15H2,1-2H3. The molecule has 6 heteroatoms. The summed E-state index contributed by atoms with van der Waals surface area (Å²) in [7, 11) is 0. The van der Waals surface area contributed by atoms with E-state index in [-0.39, 0.29) is 5.91 Å². The molecule has 4 rings (SSSR count). The summed E-state index contributed by atoms with van der Waals surface area (Å²) in [5.74, 6) is 2.83. The van der Waals surface area contributed by atoms with E-state index in [0.29, 0.717) is 24.8 Å². The third-order valence-electron chi connectivity index (χ3n) is 4.96. The molecule has 0 unspecified atom stereocenters. The molecule has 0 spiro atoms. The van der Waals surface area contributed by atoms with Gasteiger partial charge < -0.3 is 14.5 Å². The first kappa shape index (κ1) is 18.9. The predicted molar refractivity (Wildman–Crippen MR) is 113 cm³/mol. The minimum Gasteiger partial charge on any atom is -0.439 e. The van der Waals surface area contributed by atoms with E-state index in [2.05, 4.69) is 14.9 Å². The summed E-state index contributed by atoms with van der Waals surface area (Å²) in [6.45, 7) is 6.64. The largest absolute Gasteiger partial charge is 0.439 e. The molecule has 29 heavy (non-hydrogen) atoms. The lowest BCUT2D eigenvalue weighted by atomic mass is 10.1. The van der Waals surface area contributed by atoms with Crippen LogP contribution in [0.15, 0.2) is 60.7 Å². The Hall–Kier alpha value is -3.41. The lowest BCUT2D eigenvalue weighted by Gasteiger charge is -2.35. The van der Waals surface area contributed by atoms with Crippen molar-refractivity contribution >= 4 is 11.7 Å². The summed E-state index contributed by atoms with van der Waals surface area (Å²) >= 11 is 0. The van der Waals surface area contributed by atoms with E-state index < -0.39 is 0 Å². The highest BCUT2D eigenvalue weighted by molar-refractivity contribution is 5.94. The van der Waals surface area contributed by atoms with Gasteiger partial charge in [0.25, 0.3) is 5.91 Å². The second kappa shape index (κ2) is 8.31. The second-order valence-corrected chi connectivity index (χ2v) is 7.17. The Balaban J connectivity index is 1.43. The van der Waals surface area contributed by atoms with Gasteiger partial charge in [-0.2, -0.15) is 4.98 Å². The van der Waals surface area contributed by atoms with Crippen LogP contribution in [0.1, 0.15) is 21.7 Å². The number of rotatable bonds is 4. The number of para-hydroxylation sites is 1. The van der Waals surface area contributed by atoms with Gasteiger partial charge in [-0.15, -0.1) is 0 Å². The summed E-state index contributed by atoms with van der Waals surface area (Å²) in [6.07, 6.45) is 0. The molecule has 1 aliphatic heterocycles. The smallest absolute Gasteiger partial charge is 0.253 e. The van der Waals surface area contributed by atoms with Gasteiger partial charge in [-0.05, 0) is 38.1 Å². The molecule has 0 bridgehead atoms. The number of amides is 1. The molecule has 2 aromatic carbocycles. The third-order valence-corrected chi connectivity index (χ3v) is 4.96. The van der Waals surface area contributed by atoms with Crippen LogP contribution in [0.5, 0.6) is 11.6 Å². The number of anilines is 1. The molecule has 2 heterocycles. The fourth-order valence-electron chi connectivity index (χ4n) is 3.37. The minimum absolute atomic E-state index is 0.0802. The first-order valence-corrected chi connectivity index (χ1v) is 9.78. The number of aryl methyl sites for hydroxylation is 2. The Morgan fingerprint density at radius 3 is 2.28 bits per heavy atom. The van der Waals surface area contributed by atoms with Gasteiger partial charge in [0.2, 0.25) is 5.88 Å². The van der Waals surface area contributed by atoms with Crippen LogP contribution in [0.25, 0.3) is 0 Å². The monoisotopic (exact) mass is 388 g/mol. The van der Waals surface area contributed by atoms with Gasteiger partial charge in [-0.1, -0.05) is 35.9 Å². The van der Waals surface area contributed by atoms with Gasteiger partial charge in [0, 0.05) is 37.8 Å². The van der Waals surface area contributed by atoms with Crippen LogP contribution in [0.4, 0.5) is 5.82 Å². The average Bonchev–Trinajstić information content (AvgIpc) is 2.74. The Morgan fingerprint density at radius 2 is 1.59 bits per heavy atom. The topological polar surface area (TPSA) is 58.6 Å². The van der Waals surface area contributed by atoms with Crippen molar-refractivity contribution in [1.82, 2.24) is 14.9 Å². The first-order chi connectivity index (χ1) is 14.1. The number of carbonyl (C=O) groups excluding carboxylic acids is 1. The molecule has 1 amide bonds. The van der Waals surface area contributed by atoms with Crippen molar-refractivity contribution in [3.63, 3.8) is 0 Å². The van der Waals surface area contributed by atoms with Crippen LogP contribution in [0.3, 0.4) is 0 Å². The molecule has 0 radical (unpaired) electrons. The lowest BCUT2D eigenvalue weighted by Crippen LogP contribution is -2.49. The maximum atomic E-state index is 12.7. The highest BCUT2D eigenvalue weighted by atomic mass is 16.5. The fraction of sp³-hybridized carbons (Fsp3) is 0.261. The van der Waals surface area contributed by atoms with Crippen LogP contribution >= 0.6 is 0 Å². The van der Waals surface area contributed by atoms with Crippen LogP contribution in [0.2, 0.25) is 0 Å². The van der Waals surface area contributed by atoms with Gasteiger partial charge in [0.05, 0.1) is 0 Å². The summed E-state index contributed by atoms with van der Waals surface area (Å²) in [5.41, 5.74) is 1.89. The maximum absolute atomic E-state index is 12.7. The SMILES string of the molecule is Cc1ccc(C(=O)N2CCN(c3cc(Oc4ccccc4)nc(C)n3)CC2)cc1. The molecule has 3 aromatic rings. The Bertz CT molecular complexity index is 982. The number of carbonyl (C=O) groups is 1. The van der Waals surface area contributed by atoms with Crippen LogP contribution < -0.4 is 9.64 Å². The van der Waals surface area contributed by atoms with Crippen LogP contribution in [0, 0.1) is 13.8 Å². The molecule has 0 N–H and O–H groups in total. The van der Waals surface area contributed by atoms with Crippen molar-refractivity contribution in [3.05, 3.63) is 77.6 Å². The zero-order valence-electron chi connectivity index (χ0n) is 16.7. The quantitative estimate of drug-likeness (QED) is 0.679. The van der Waals surface area contributed by atoms with E-state index in [1.807, 2.05) is 79.4 Å². The van der Waals surface area contributed by atoms with Crippen LogP contribution in [-0.4, -0.2) is 47.0 Å². The van der Waals surface area contributed by atoms with E-state index in [1.165, 1.54) is 0 Å². The third kappa shape index (κ3) is 4.54. The number of ether oxygens (including phenoxy) is 1. The van der Waals surface area contributed by atoms with E-state index in [1.54, 1.807) is 0 Å². The van der Waals surface area contributed by atoms with Crippen molar-refractivity contribution in [2.24, 2.45) is 0 Å². The molecule has 1 aromatic heterocycles. The Labute approximate surface area is 170 Å². The van der Waals surface area contributed by atoms with Gasteiger partial charge in [-0.3, -0.25) is 4.79 Å². The molecule has 0 aliphatic carbocycles. The van der Waals surface area contributed by atoms with Crippen molar-refractivity contribution < 1.29 is 9.53 Å². The normalized spacial score (nSPS) is 14.0. The van der Waals surface area contributed by atoms with Crippen molar-refractivity contribution in [2.75, 3.05) is 31.1 Å². The van der Waals surface area contributed by atoms with Crippen LogP contribution in [-0.2, 0) is 0 Å². The average molecular weight is 388 g/mol. The molecule has 0 atom stereocenters. The lowest BCUT2D eigenvalue weighted by molar-refractivity contribution is 0.0746. The summed E-state index contributed by atoms with van der Waals surface area (Å²) in [6, 6.07) is 19.2. The molecule has 148 valence electrons. The molecular weight excluding hydrogens is 364 g/mol. The zero-order valence-corrected chi connectivity index (χ0v) is 16.7. The Kier molecular flexibility index (Phi) is 5.42. The molecule has 1 aliphatic rings. The van der Waals surface area contributed by atoms with E-state index in [0.717, 1.165) is 35.8 Å². The number of nitrogens with zero attached hydrogens (tertiary/aromatic N) is 4. The summed E-state index contributed by atoms with van der Waals surface area (Å²) in [4.78, 5) is 25.8. The summed E-state index contributed by atoms with van der Waals surface area (Å²) in [5, 5.41) is 0. The Morgan fingerprint density at radius 1 is 0.897 bits per heavy atom. The number of hydrogen-bond donors (Lipinski definition) is 0. The number of aromatic nitrogens is 2. The first-order valence-electron chi connectivity index (χ1n) is 9.78. The van der Waals surface area contributed by atoms with E-state index in [9.17, 15) is 4.79 Å². The van der Waals surface area contributed by atoms with Gasteiger partial charge in [0.15, 0.2) is 0 Å². The molecule has 0 saturated carbocycles. The number of hydrogen-bond acceptors (Lipinski definition) is 5.